The molecule has 5 nitrogen and oxygen atoms in total. The Balaban J connectivity index is 0.00000441. The average Bonchev–Trinajstić information content (AvgIpc) is 2.87. The summed E-state index contributed by atoms with van der Waals surface area (Å²) in [6.07, 6.45) is 5.40. The van der Waals surface area contributed by atoms with Crippen LogP contribution >= 0.6 is 24.0 Å². The predicted molar refractivity (Wildman–Crippen MR) is 104 cm³/mol. The van der Waals surface area contributed by atoms with E-state index in [0.29, 0.717) is 0 Å². The lowest BCUT2D eigenvalue weighted by atomic mass is 10.3. The summed E-state index contributed by atoms with van der Waals surface area (Å²) in [5, 5.41) is 3.38. The highest BCUT2D eigenvalue weighted by atomic mass is 127. The van der Waals surface area contributed by atoms with Crippen LogP contribution in [0.4, 0.5) is 0 Å². The summed E-state index contributed by atoms with van der Waals surface area (Å²) in [5.74, 6) is 0.921. The Bertz CT molecular complexity index is 420. The summed E-state index contributed by atoms with van der Waals surface area (Å²) in [5.41, 5.74) is 1.27. The van der Waals surface area contributed by atoms with E-state index in [1.807, 2.05) is 7.05 Å². The van der Waals surface area contributed by atoms with Crippen molar-refractivity contribution < 1.29 is 4.74 Å². The highest BCUT2D eigenvalue weighted by molar-refractivity contribution is 14.0. The first-order valence-electron chi connectivity index (χ1n) is 7.78. The van der Waals surface area contributed by atoms with Gasteiger partial charge in [-0.2, -0.15) is 0 Å². The molecule has 1 aromatic heterocycles. The zero-order valence-corrected chi connectivity index (χ0v) is 16.7. The highest BCUT2D eigenvalue weighted by Crippen LogP contribution is 2.03. The van der Waals surface area contributed by atoms with Crippen molar-refractivity contribution in [3.63, 3.8) is 0 Å². The number of halogens is 1. The third-order valence-corrected chi connectivity index (χ3v) is 3.41. The van der Waals surface area contributed by atoms with Crippen molar-refractivity contribution in [2.24, 2.45) is 12.0 Å². The molecule has 22 heavy (non-hydrogen) atoms. The van der Waals surface area contributed by atoms with Gasteiger partial charge in [-0.1, -0.05) is 13.3 Å². The molecule has 0 aliphatic rings. The second-order valence-electron chi connectivity index (χ2n) is 5.26. The summed E-state index contributed by atoms with van der Waals surface area (Å²) in [4.78, 5) is 6.46. The molecule has 0 atom stereocenters. The van der Waals surface area contributed by atoms with Gasteiger partial charge in [-0.3, -0.25) is 4.99 Å². The summed E-state index contributed by atoms with van der Waals surface area (Å²) in [6.45, 7) is 5.59. The number of hydrogen-bond donors (Lipinski definition) is 1. The zero-order chi connectivity index (χ0) is 15.5. The lowest BCUT2D eigenvalue weighted by Gasteiger charge is -2.22. The van der Waals surface area contributed by atoms with E-state index in [2.05, 4.69) is 59.1 Å². The third-order valence-electron chi connectivity index (χ3n) is 3.41. The van der Waals surface area contributed by atoms with Gasteiger partial charge in [0.25, 0.3) is 0 Å². The van der Waals surface area contributed by atoms with Gasteiger partial charge in [0, 0.05) is 52.8 Å². The molecule has 1 aromatic rings. The SMILES string of the molecule is CCCCOCCCNC(=NC)N(C)Cc1cccn1C.I. The maximum atomic E-state index is 5.55. The monoisotopic (exact) mass is 422 g/mol. The molecule has 1 rings (SSSR count). The lowest BCUT2D eigenvalue weighted by molar-refractivity contribution is 0.129. The van der Waals surface area contributed by atoms with Gasteiger partial charge in [0.15, 0.2) is 5.96 Å². The van der Waals surface area contributed by atoms with Crippen molar-refractivity contribution in [1.82, 2.24) is 14.8 Å². The minimum absolute atomic E-state index is 0. The van der Waals surface area contributed by atoms with E-state index in [4.69, 9.17) is 4.74 Å². The topological polar surface area (TPSA) is 41.8 Å². The number of guanidine groups is 1. The van der Waals surface area contributed by atoms with Crippen LogP contribution in [0.25, 0.3) is 0 Å². The van der Waals surface area contributed by atoms with Crippen LogP contribution in [0.1, 0.15) is 31.9 Å². The van der Waals surface area contributed by atoms with Gasteiger partial charge in [-0.15, -0.1) is 24.0 Å². The molecule has 0 aliphatic heterocycles. The molecule has 0 aliphatic carbocycles. The number of nitrogens with one attached hydrogen (secondary N) is 1. The van der Waals surface area contributed by atoms with E-state index < -0.39 is 0 Å². The van der Waals surface area contributed by atoms with Gasteiger partial charge >= 0.3 is 0 Å². The zero-order valence-electron chi connectivity index (χ0n) is 14.3. The Morgan fingerprint density at radius 1 is 1.36 bits per heavy atom. The maximum Gasteiger partial charge on any atom is 0.193 e. The number of aryl methyl sites for hydroxylation is 1. The second kappa shape index (κ2) is 12.8. The normalized spacial score (nSPS) is 11.2. The number of aliphatic imine (C=N–C) groups is 1. The fraction of sp³-hybridized carbons (Fsp3) is 0.688. The molecule has 0 saturated heterocycles. The molecule has 0 spiro atoms. The number of rotatable bonds is 9. The summed E-state index contributed by atoms with van der Waals surface area (Å²) in [7, 11) is 5.94. The molecule has 0 radical (unpaired) electrons. The van der Waals surface area contributed by atoms with E-state index >= 15 is 0 Å². The van der Waals surface area contributed by atoms with Gasteiger partial charge < -0.3 is 19.5 Å². The van der Waals surface area contributed by atoms with Gasteiger partial charge in [0.1, 0.15) is 0 Å². The van der Waals surface area contributed by atoms with Crippen LogP contribution in [0, 0.1) is 0 Å². The molecular formula is C16H31IN4O. The quantitative estimate of drug-likeness (QED) is 0.288. The number of aromatic nitrogens is 1. The third kappa shape index (κ3) is 8.03. The van der Waals surface area contributed by atoms with E-state index in [9.17, 15) is 0 Å². The van der Waals surface area contributed by atoms with Crippen LogP contribution in [0.5, 0.6) is 0 Å². The Kier molecular flexibility index (Phi) is 12.3. The van der Waals surface area contributed by atoms with Crippen molar-refractivity contribution in [3.8, 4) is 0 Å². The Hall–Kier alpha value is -0.760. The fourth-order valence-electron chi connectivity index (χ4n) is 2.09. The molecule has 1 heterocycles. The molecule has 0 saturated carbocycles. The summed E-state index contributed by atoms with van der Waals surface area (Å²) in [6, 6.07) is 4.19. The second-order valence-corrected chi connectivity index (χ2v) is 5.26. The van der Waals surface area contributed by atoms with E-state index in [-0.39, 0.29) is 24.0 Å². The van der Waals surface area contributed by atoms with Gasteiger partial charge in [-0.05, 0) is 25.0 Å². The van der Waals surface area contributed by atoms with Crippen LogP contribution in [0.3, 0.4) is 0 Å². The Morgan fingerprint density at radius 3 is 2.68 bits per heavy atom. The van der Waals surface area contributed by atoms with Crippen molar-refractivity contribution in [1.29, 1.82) is 0 Å². The van der Waals surface area contributed by atoms with Crippen molar-refractivity contribution in [3.05, 3.63) is 24.0 Å². The number of ether oxygens (including phenoxy) is 1. The summed E-state index contributed by atoms with van der Waals surface area (Å²) < 4.78 is 7.68. The maximum absolute atomic E-state index is 5.55. The van der Waals surface area contributed by atoms with E-state index in [1.54, 1.807) is 0 Å². The molecule has 0 bridgehead atoms. The molecule has 0 fully saturated rings. The van der Waals surface area contributed by atoms with Crippen molar-refractivity contribution in [2.45, 2.75) is 32.7 Å². The van der Waals surface area contributed by atoms with Crippen LogP contribution in [-0.4, -0.2) is 49.3 Å². The Morgan fingerprint density at radius 2 is 2.09 bits per heavy atom. The fourth-order valence-corrected chi connectivity index (χ4v) is 2.09. The smallest absolute Gasteiger partial charge is 0.193 e. The number of nitrogens with zero attached hydrogens (tertiary/aromatic N) is 3. The standard InChI is InChI=1S/C16H30N4O.HI/c1-5-6-12-21-13-8-10-18-16(17-2)20(4)14-15-9-7-11-19(15)3;/h7,9,11H,5-6,8,10,12-14H2,1-4H3,(H,17,18);1H. The lowest BCUT2D eigenvalue weighted by Crippen LogP contribution is -2.39. The van der Waals surface area contributed by atoms with E-state index in [1.165, 1.54) is 12.1 Å². The highest BCUT2D eigenvalue weighted by Gasteiger charge is 2.07. The van der Waals surface area contributed by atoms with Crippen LogP contribution in [0.2, 0.25) is 0 Å². The number of hydrogen-bond acceptors (Lipinski definition) is 2. The van der Waals surface area contributed by atoms with Crippen LogP contribution < -0.4 is 5.32 Å². The van der Waals surface area contributed by atoms with Gasteiger partial charge in [-0.25, -0.2) is 0 Å². The predicted octanol–water partition coefficient (Wildman–Crippen LogP) is 2.86. The van der Waals surface area contributed by atoms with Crippen molar-refractivity contribution in [2.75, 3.05) is 33.9 Å². The Labute approximate surface area is 152 Å². The molecule has 1 N–H and O–H groups in total. The molecule has 0 amide bonds. The molecule has 6 heteroatoms. The van der Waals surface area contributed by atoms with Crippen molar-refractivity contribution >= 4 is 29.9 Å². The molecule has 128 valence electrons. The van der Waals surface area contributed by atoms with Gasteiger partial charge in [0.05, 0.1) is 6.54 Å². The molecule has 0 unspecified atom stereocenters. The number of unbranched alkanes of at least 4 members (excludes halogenated alkanes) is 1. The minimum atomic E-state index is 0. The van der Waals surface area contributed by atoms with Gasteiger partial charge in [0.2, 0.25) is 0 Å². The first kappa shape index (κ1) is 21.2. The first-order chi connectivity index (χ1) is 10.2. The van der Waals surface area contributed by atoms with E-state index in [0.717, 1.165) is 45.1 Å². The largest absolute Gasteiger partial charge is 0.381 e. The summed E-state index contributed by atoms with van der Waals surface area (Å²) >= 11 is 0. The molecule has 0 aromatic carbocycles. The average molecular weight is 422 g/mol. The van der Waals surface area contributed by atoms with Crippen LogP contribution in [0.15, 0.2) is 23.3 Å². The minimum Gasteiger partial charge on any atom is -0.381 e. The first-order valence-corrected chi connectivity index (χ1v) is 7.78. The van der Waals surface area contributed by atoms with Crippen LogP contribution in [-0.2, 0) is 18.3 Å². The molecular weight excluding hydrogens is 391 g/mol.